The number of anilines is 1. The Balaban J connectivity index is 1.89. The van der Waals surface area contributed by atoms with Gasteiger partial charge in [0.1, 0.15) is 12.1 Å². The average Bonchev–Trinajstić information content (AvgIpc) is 2.81. The lowest BCUT2D eigenvalue weighted by atomic mass is 10.3. The highest BCUT2D eigenvalue weighted by Crippen LogP contribution is 2.12. The van der Waals surface area contributed by atoms with Gasteiger partial charge < -0.3 is 10.1 Å². The number of ether oxygens (including phenoxy) is 1. The molecule has 2 heterocycles. The van der Waals surface area contributed by atoms with E-state index in [2.05, 4.69) is 35.3 Å². The van der Waals surface area contributed by atoms with Crippen LogP contribution in [-0.4, -0.2) is 34.4 Å². The molecule has 2 aromatic heterocycles. The van der Waals surface area contributed by atoms with E-state index in [0.29, 0.717) is 6.61 Å². The summed E-state index contributed by atoms with van der Waals surface area (Å²) in [6.45, 7) is 6.55. The average molecular weight is 248 g/mol. The third-order valence-electron chi connectivity index (χ3n) is 2.72. The zero-order valence-electron chi connectivity index (χ0n) is 11.0. The standard InChI is InChI=1S/C13H20N4O/c1-3-4-6-18-7-5-14-12-8-11(2)9-13-15-10-16-17(12)13/h8-10,14H,3-7H2,1-2H3. The molecule has 2 aromatic rings. The third kappa shape index (κ3) is 3.20. The number of aromatic nitrogens is 3. The van der Waals surface area contributed by atoms with Crippen molar-refractivity contribution in [3.05, 3.63) is 24.0 Å². The number of fused-ring (bicyclic) bond motifs is 1. The summed E-state index contributed by atoms with van der Waals surface area (Å²) in [7, 11) is 0. The lowest BCUT2D eigenvalue weighted by Crippen LogP contribution is -2.12. The number of hydrogen-bond donors (Lipinski definition) is 1. The largest absolute Gasteiger partial charge is 0.380 e. The lowest BCUT2D eigenvalue weighted by molar-refractivity contribution is 0.141. The van der Waals surface area contributed by atoms with E-state index in [4.69, 9.17) is 4.74 Å². The Morgan fingerprint density at radius 2 is 2.22 bits per heavy atom. The highest BCUT2D eigenvalue weighted by molar-refractivity contribution is 5.51. The van der Waals surface area contributed by atoms with Gasteiger partial charge in [-0.05, 0) is 31.0 Å². The molecular weight excluding hydrogens is 228 g/mol. The Bertz CT molecular complexity index is 495. The van der Waals surface area contributed by atoms with Crippen LogP contribution in [-0.2, 0) is 4.74 Å². The van der Waals surface area contributed by atoms with Crippen LogP contribution in [0.5, 0.6) is 0 Å². The molecule has 98 valence electrons. The highest BCUT2D eigenvalue weighted by Gasteiger charge is 2.02. The maximum atomic E-state index is 5.51. The van der Waals surface area contributed by atoms with Crippen LogP contribution < -0.4 is 5.32 Å². The monoisotopic (exact) mass is 248 g/mol. The normalized spacial score (nSPS) is 11.0. The number of hydrogen-bond acceptors (Lipinski definition) is 4. The second-order valence-corrected chi connectivity index (χ2v) is 4.34. The summed E-state index contributed by atoms with van der Waals surface area (Å²) < 4.78 is 7.32. The fourth-order valence-electron chi connectivity index (χ4n) is 1.78. The van der Waals surface area contributed by atoms with Crippen molar-refractivity contribution in [1.29, 1.82) is 0 Å². The summed E-state index contributed by atoms with van der Waals surface area (Å²) in [5.74, 6) is 0.960. The molecule has 0 bridgehead atoms. The van der Waals surface area contributed by atoms with Crippen molar-refractivity contribution in [1.82, 2.24) is 14.6 Å². The molecule has 5 nitrogen and oxygen atoms in total. The van der Waals surface area contributed by atoms with Gasteiger partial charge in [-0.1, -0.05) is 13.3 Å². The molecule has 1 N–H and O–H groups in total. The minimum Gasteiger partial charge on any atom is -0.380 e. The summed E-state index contributed by atoms with van der Waals surface area (Å²) in [6.07, 6.45) is 3.86. The summed E-state index contributed by atoms with van der Waals surface area (Å²) in [5, 5.41) is 7.52. The Morgan fingerprint density at radius 1 is 1.33 bits per heavy atom. The molecule has 0 saturated carbocycles. The zero-order chi connectivity index (χ0) is 12.8. The zero-order valence-corrected chi connectivity index (χ0v) is 11.0. The van der Waals surface area contributed by atoms with Crippen molar-refractivity contribution in [2.24, 2.45) is 0 Å². The molecule has 0 amide bonds. The summed E-state index contributed by atoms with van der Waals surface area (Å²) in [6, 6.07) is 4.07. The van der Waals surface area contributed by atoms with Crippen LogP contribution >= 0.6 is 0 Å². The Hall–Kier alpha value is -1.62. The van der Waals surface area contributed by atoms with Gasteiger partial charge in [0.2, 0.25) is 0 Å². The van der Waals surface area contributed by atoms with E-state index in [1.54, 1.807) is 10.8 Å². The number of nitrogens with one attached hydrogen (secondary N) is 1. The van der Waals surface area contributed by atoms with Gasteiger partial charge in [0.15, 0.2) is 5.65 Å². The SMILES string of the molecule is CCCCOCCNc1cc(C)cc2ncnn12. The van der Waals surface area contributed by atoms with Gasteiger partial charge >= 0.3 is 0 Å². The van der Waals surface area contributed by atoms with E-state index in [1.165, 1.54) is 12.0 Å². The second kappa shape index (κ2) is 6.35. The molecule has 0 fully saturated rings. The molecule has 0 aromatic carbocycles. The van der Waals surface area contributed by atoms with Gasteiger partial charge in [0.25, 0.3) is 0 Å². The van der Waals surface area contributed by atoms with Crippen LogP contribution in [0.1, 0.15) is 25.3 Å². The fraction of sp³-hybridized carbons (Fsp3) is 0.538. The molecule has 0 aliphatic carbocycles. The number of aryl methyl sites for hydroxylation is 1. The van der Waals surface area contributed by atoms with Crippen molar-refractivity contribution in [3.8, 4) is 0 Å². The minimum absolute atomic E-state index is 0.712. The first-order valence-electron chi connectivity index (χ1n) is 6.43. The Morgan fingerprint density at radius 3 is 3.06 bits per heavy atom. The van der Waals surface area contributed by atoms with Crippen LogP contribution in [0.15, 0.2) is 18.5 Å². The van der Waals surface area contributed by atoms with E-state index in [1.807, 2.05) is 6.07 Å². The first-order valence-corrected chi connectivity index (χ1v) is 6.43. The minimum atomic E-state index is 0.712. The van der Waals surface area contributed by atoms with Crippen LogP contribution in [0, 0.1) is 6.92 Å². The third-order valence-corrected chi connectivity index (χ3v) is 2.72. The van der Waals surface area contributed by atoms with Crippen LogP contribution in [0.3, 0.4) is 0 Å². The van der Waals surface area contributed by atoms with Crippen LogP contribution in [0.2, 0.25) is 0 Å². The lowest BCUT2D eigenvalue weighted by Gasteiger charge is -2.09. The molecule has 0 saturated heterocycles. The molecular formula is C13H20N4O. The number of unbranched alkanes of at least 4 members (excludes halogenated alkanes) is 1. The van der Waals surface area contributed by atoms with Gasteiger partial charge in [0.05, 0.1) is 6.61 Å². The van der Waals surface area contributed by atoms with Gasteiger partial charge in [-0.25, -0.2) is 4.98 Å². The van der Waals surface area contributed by atoms with Gasteiger partial charge in [0, 0.05) is 13.2 Å². The molecule has 0 atom stereocenters. The molecule has 0 aliphatic heterocycles. The fourth-order valence-corrected chi connectivity index (χ4v) is 1.78. The number of pyridine rings is 1. The van der Waals surface area contributed by atoms with Crippen molar-refractivity contribution in [2.75, 3.05) is 25.1 Å². The van der Waals surface area contributed by atoms with E-state index in [9.17, 15) is 0 Å². The predicted molar refractivity (Wildman–Crippen MR) is 71.9 cm³/mol. The van der Waals surface area contributed by atoms with Crippen LogP contribution in [0.4, 0.5) is 5.82 Å². The molecule has 0 unspecified atom stereocenters. The topological polar surface area (TPSA) is 51.5 Å². The van der Waals surface area contributed by atoms with Crippen molar-refractivity contribution in [2.45, 2.75) is 26.7 Å². The maximum absolute atomic E-state index is 5.51. The Labute approximate surface area is 107 Å². The van der Waals surface area contributed by atoms with Gasteiger partial charge in [-0.3, -0.25) is 0 Å². The summed E-state index contributed by atoms with van der Waals surface area (Å²) in [4.78, 5) is 4.19. The summed E-state index contributed by atoms with van der Waals surface area (Å²) in [5.41, 5.74) is 2.04. The molecule has 2 rings (SSSR count). The molecule has 5 heteroatoms. The highest BCUT2D eigenvalue weighted by atomic mass is 16.5. The van der Waals surface area contributed by atoms with Gasteiger partial charge in [-0.15, -0.1) is 0 Å². The first-order chi connectivity index (χ1) is 8.81. The quantitative estimate of drug-likeness (QED) is 0.764. The summed E-state index contributed by atoms with van der Waals surface area (Å²) >= 11 is 0. The van der Waals surface area contributed by atoms with E-state index in [-0.39, 0.29) is 0 Å². The molecule has 0 spiro atoms. The number of rotatable bonds is 7. The maximum Gasteiger partial charge on any atom is 0.157 e. The predicted octanol–water partition coefficient (Wildman–Crippen LogP) is 2.27. The van der Waals surface area contributed by atoms with E-state index >= 15 is 0 Å². The molecule has 0 aliphatic rings. The molecule has 18 heavy (non-hydrogen) atoms. The van der Waals surface area contributed by atoms with E-state index in [0.717, 1.165) is 31.0 Å². The Kier molecular flexibility index (Phi) is 4.52. The van der Waals surface area contributed by atoms with E-state index < -0.39 is 0 Å². The van der Waals surface area contributed by atoms with Crippen molar-refractivity contribution < 1.29 is 4.74 Å². The van der Waals surface area contributed by atoms with Crippen molar-refractivity contribution >= 4 is 11.5 Å². The first kappa shape index (κ1) is 12.8. The molecule has 0 radical (unpaired) electrons. The second-order valence-electron chi connectivity index (χ2n) is 4.34. The van der Waals surface area contributed by atoms with Gasteiger partial charge in [-0.2, -0.15) is 9.61 Å². The van der Waals surface area contributed by atoms with Crippen molar-refractivity contribution in [3.63, 3.8) is 0 Å². The smallest absolute Gasteiger partial charge is 0.157 e. The van der Waals surface area contributed by atoms with Crippen LogP contribution in [0.25, 0.3) is 5.65 Å². The number of nitrogens with zero attached hydrogens (tertiary/aromatic N) is 3.